The van der Waals surface area contributed by atoms with Crippen LogP contribution in [0.2, 0.25) is 0 Å². The molecule has 108 valence electrons. The van der Waals surface area contributed by atoms with Gasteiger partial charge in [-0.1, -0.05) is 0 Å². The number of anilines is 1. The monoisotopic (exact) mass is 279 g/mol. The SMILES string of the molecule is C[C@@H](O)C(CO)OC(C(F)F)n1ccc(N)nc1=O. The summed E-state index contributed by atoms with van der Waals surface area (Å²) in [6.45, 7) is 0.603. The molecule has 0 saturated carbocycles. The number of hydrogen-bond donors (Lipinski definition) is 3. The van der Waals surface area contributed by atoms with Crippen molar-refractivity contribution in [3.63, 3.8) is 0 Å². The maximum Gasteiger partial charge on any atom is 0.351 e. The minimum Gasteiger partial charge on any atom is -0.394 e. The van der Waals surface area contributed by atoms with Gasteiger partial charge in [0.15, 0.2) is 6.23 Å². The minimum absolute atomic E-state index is 0.108. The number of nitrogens with two attached hydrogens (primary N) is 1. The van der Waals surface area contributed by atoms with E-state index in [2.05, 4.69) is 4.98 Å². The summed E-state index contributed by atoms with van der Waals surface area (Å²) >= 11 is 0. The summed E-state index contributed by atoms with van der Waals surface area (Å²) in [5.74, 6) is -0.108. The molecule has 4 N–H and O–H groups in total. The Bertz CT molecular complexity index is 466. The largest absolute Gasteiger partial charge is 0.394 e. The van der Waals surface area contributed by atoms with Gasteiger partial charge in [0.05, 0.1) is 12.7 Å². The van der Waals surface area contributed by atoms with E-state index in [1.165, 1.54) is 6.92 Å². The molecule has 0 spiro atoms. The van der Waals surface area contributed by atoms with E-state index in [4.69, 9.17) is 15.6 Å². The number of nitrogens with zero attached hydrogens (tertiary/aromatic N) is 2. The van der Waals surface area contributed by atoms with Crippen molar-refractivity contribution < 1.29 is 23.7 Å². The smallest absolute Gasteiger partial charge is 0.351 e. The summed E-state index contributed by atoms with van der Waals surface area (Å²) in [5.41, 5.74) is 4.24. The van der Waals surface area contributed by atoms with E-state index in [-0.39, 0.29) is 5.82 Å². The molecule has 1 heterocycles. The highest BCUT2D eigenvalue weighted by molar-refractivity contribution is 5.23. The Hall–Kier alpha value is -1.58. The summed E-state index contributed by atoms with van der Waals surface area (Å²) in [7, 11) is 0. The van der Waals surface area contributed by atoms with Crippen LogP contribution in [0.4, 0.5) is 14.6 Å². The van der Waals surface area contributed by atoms with Crippen molar-refractivity contribution in [2.45, 2.75) is 31.8 Å². The molecule has 1 aromatic rings. The maximum absolute atomic E-state index is 12.9. The standard InChI is InChI=1S/C10H15F2N3O4/c1-5(17)6(4-16)19-9(8(11)12)15-3-2-7(13)14-10(15)18/h2-3,5-6,8-9,16-17H,4H2,1H3,(H2,13,14,18)/t5-,6?,9?/m1/s1. The van der Waals surface area contributed by atoms with Crippen LogP contribution in [0.15, 0.2) is 17.1 Å². The highest BCUT2D eigenvalue weighted by atomic mass is 19.3. The predicted molar refractivity (Wildman–Crippen MR) is 61.6 cm³/mol. The second kappa shape index (κ2) is 6.55. The fourth-order valence-corrected chi connectivity index (χ4v) is 1.35. The third-order valence-electron chi connectivity index (χ3n) is 2.37. The Labute approximate surface area is 107 Å². The molecule has 0 aromatic carbocycles. The molecule has 0 bridgehead atoms. The van der Waals surface area contributed by atoms with E-state index < -0.39 is 37.2 Å². The number of nitrogen functional groups attached to an aromatic ring is 1. The lowest BCUT2D eigenvalue weighted by Gasteiger charge is -2.25. The molecule has 0 radical (unpaired) electrons. The predicted octanol–water partition coefficient (Wildman–Crippen LogP) is -0.653. The molecule has 0 fully saturated rings. The van der Waals surface area contributed by atoms with Crippen LogP contribution in [0.3, 0.4) is 0 Å². The zero-order valence-electron chi connectivity index (χ0n) is 10.1. The van der Waals surface area contributed by atoms with Gasteiger partial charge in [-0.3, -0.25) is 4.57 Å². The van der Waals surface area contributed by atoms with Gasteiger partial charge in [-0.2, -0.15) is 4.98 Å². The summed E-state index contributed by atoms with van der Waals surface area (Å²) in [4.78, 5) is 14.8. The molecule has 19 heavy (non-hydrogen) atoms. The lowest BCUT2D eigenvalue weighted by atomic mass is 10.2. The Morgan fingerprint density at radius 2 is 2.21 bits per heavy atom. The molecule has 7 nitrogen and oxygen atoms in total. The molecule has 0 saturated heterocycles. The molecule has 0 aliphatic carbocycles. The first-order valence-corrected chi connectivity index (χ1v) is 5.44. The van der Waals surface area contributed by atoms with Crippen LogP contribution in [0.5, 0.6) is 0 Å². The highest BCUT2D eigenvalue weighted by Gasteiger charge is 2.29. The van der Waals surface area contributed by atoms with Crippen LogP contribution in [0, 0.1) is 0 Å². The molecule has 0 aliphatic heterocycles. The Kier molecular flexibility index (Phi) is 5.33. The summed E-state index contributed by atoms with van der Waals surface area (Å²) in [5, 5.41) is 18.2. The lowest BCUT2D eigenvalue weighted by Crippen LogP contribution is -2.39. The number of ether oxygens (including phenoxy) is 1. The van der Waals surface area contributed by atoms with Crippen LogP contribution < -0.4 is 11.4 Å². The van der Waals surface area contributed by atoms with Crippen molar-refractivity contribution in [1.82, 2.24) is 9.55 Å². The average molecular weight is 279 g/mol. The zero-order valence-corrected chi connectivity index (χ0v) is 10.1. The quantitative estimate of drug-likeness (QED) is 0.638. The molecule has 0 amide bonds. The van der Waals surface area contributed by atoms with Gasteiger partial charge in [-0.05, 0) is 13.0 Å². The molecule has 9 heteroatoms. The summed E-state index contributed by atoms with van der Waals surface area (Å²) < 4.78 is 31.2. The average Bonchev–Trinajstić information content (AvgIpc) is 2.31. The van der Waals surface area contributed by atoms with Gasteiger partial charge in [-0.15, -0.1) is 0 Å². The second-order valence-electron chi connectivity index (χ2n) is 3.86. The van der Waals surface area contributed by atoms with Gasteiger partial charge < -0.3 is 20.7 Å². The minimum atomic E-state index is -3.05. The first-order chi connectivity index (χ1) is 8.86. The van der Waals surface area contributed by atoms with E-state index in [9.17, 15) is 18.7 Å². The third-order valence-corrected chi connectivity index (χ3v) is 2.37. The molecular weight excluding hydrogens is 264 g/mol. The van der Waals surface area contributed by atoms with Crippen LogP contribution in [0.1, 0.15) is 13.2 Å². The number of halogens is 2. The number of rotatable bonds is 6. The fraction of sp³-hybridized carbons (Fsp3) is 0.600. The van der Waals surface area contributed by atoms with E-state index in [1.807, 2.05) is 0 Å². The van der Waals surface area contributed by atoms with E-state index in [0.717, 1.165) is 12.3 Å². The zero-order chi connectivity index (χ0) is 14.6. The Balaban J connectivity index is 3.04. The molecule has 2 unspecified atom stereocenters. The number of aliphatic hydroxyl groups is 2. The van der Waals surface area contributed by atoms with Gasteiger partial charge >= 0.3 is 5.69 Å². The number of aliphatic hydroxyl groups excluding tert-OH is 2. The molecule has 1 aromatic heterocycles. The van der Waals surface area contributed by atoms with Gasteiger partial charge in [0.1, 0.15) is 11.9 Å². The van der Waals surface area contributed by atoms with Crippen molar-refractivity contribution in [3.8, 4) is 0 Å². The van der Waals surface area contributed by atoms with E-state index in [1.54, 1.807) is 0 Å². The lowest BCUT2D eigenvalue weighted by molar-refractivity contribution is -0.168. The van der Waals surface area contributed by atoms with Crippen molar-refractivity contribution in [2.75, 3.05) is 12.3 Å². The number of aromatic nitrogens is 2. The summed E-state index contributed by atoms with van der Waals surface area (Å²) in [6, 6.07) is 1.16. The third kappa shape index (κ3) is 3.94. The van der Waals surface area contributed by atoms with Crippen molar-refractivity contribution in [1.29, 1.82) is 0 Å². The van der Waals surface area contributed by atoms with Crippen LogP contribution in [-0.4, -0.2) is 45.0 Å². The van der Waals surface area contributed by atoms with E-state index in [0.29, 0.717) is 4.57 Å². The van der Waals surface area contributed by atoms with Gasteiger partial charge in [0.25, 0.3) is 6.43 Å². The maximum atomic E-state index is 12.9. The number of alkyl halides is 2. The molecule has 3 atom stereocenters. The fourth-order valence-electron chi connectivity index (χ4n) is 1.35. The highest BCUT2D eigenvalue weighted by Crippen LogP contribution is 2.19. The first-order valence-electron chi connectivity index (χ1n) is 5.44. The Morgan fingerprint density at radius 1 is 1.58 bits per heavy atom. The van der Waals surface area contributed by atoms with E-state index >= 15 is 0 Å². The Morgan fingerprint density at radius 3 is 2.63 bits per heavy atom. The number of hydrogen-bond acceptors (Lipinski definition) is 6. The topological polar surface area (TPSA) is 111 Å². The van der Waals surface area contributed by atoms with Gasteiger partial charge in [0, 0.05) is 6.20 Å². The van der Waals surface area contributed by atoms with Crippen LogP contribution in [0.25, 0.3) is 0 Å². The van der Waals surface area contributed by atoms with Crippen molar-refractivity contribution >= 4 is 5.82 Å². The van der Waals surface area contributed by atoms with Gasteiger partial charge in [0.2, 0.25) is 0 Å². The molecule has 0 aliphatic rings. The normalized spacial score (nSPS) is 16.3. The molecular formula is C10H15F2N3O4. The molecule has 1 rings (SSSR count). The second-order valence-corrected chi connectivity index (χ2v) is 3.86. The van der Waals surface area contributed by atoms with Gasteiger partial charge in [-0.25, -0.2) is 13.6 Å². The van der Waals surface area contributed by atoms with Crippen molar-refractivity contribution in [2.24, 2.45) is 0 Å². The first kappa shape index (κ1) is 15.5. The van der Waals surface area contributed by atoms with Crippen molar-refractivity contribution in [3.05, 3.63) is 22.7 Å². The van der Waals surface area contributed by atoms with Crippen LogP contribution >= 0.6 is 0 Å². The van der Waals surface area contributed by atoms with Crippen LogP contribution in [-0.2, 0) is 4.74 Å². The summed E-state index contributed by atoms with van der Waals surface area (Å²) in [6.07, 6.45) is -6.42.